The molecule has 0 saturated heterocycles. The second kappa shape index (κ2) is 8.55. The average Bonchev–Trinajstić information content (AvgIpc) is 3.57. The Kier molecular flexibility index (Phi) is 4.67. The first kappa shape index (κ1) is 22.4. The minimum absolute atomic E-state index is 1.23. The zero-order valence-electron chi connectivity index (χ0n) is 22.4. The van der Waals surface area contributed by atoms with Crippen LogP contribution in [0.4, 0.5) is 0 Å². The van der Waals surface area contributed by atoms with Crippen molar-refractivity contribution in [1.29, 1.82) is 0 Å². The van der Waals surface area contributed by atoms with Crippen molar-refractivity contribution in [1.82, 2.24) is 4.40 Å². The van der Waals surface area contributed by atoms with Gasteiger partial charge in [-0.15, -0.1) is 0 Å². The van der Waals surface area contributed by atoms with Crippen LogP contribution < -0.4 is 0 Å². The number of nitrogens with zero attached hydrogens (tertiary/aromatic N) is 1. The summed E-state index contributed by atoms with van der Waals surface area (Å²) in [5, 5.41) is 7.87. The number of hydrogen-bond donors (Lipinski definition) is 0. The van der Waals surface area contributed by atoms with E-state index < -0.39 is 0 Å². The number of aromatic nitrogens is 1. The number of para-hydroxylation sites is 1. The van der Waals surface area contributed by atoms with Crippen LogP contribution in [0.15, 0.2) is 152 Å². The van der Waals surface area contributed by atoms with Gasteiger partial charge in [-0.1, -0.05) is 115 Å². The molecule has 9 aromatic rings. The van der Waals surface area contributed by atoms with E-state index in [1.807, 2.05) is 0 Å². The van der Waals surface area contributed by atoms with Gasteiger partial charge in [0.05, 0.1) is 16.6 Å². The minimum atomic E-state index is 1.23. The van der Waals surface area contributed by atoms with Crippen molar-refractivity contribution in [3.05, 3.63) is 152 Å². The van der Waals surface area contributed by atoms with Crippen molar-refractivity contribution in [2.24, 2.45) is 0 Å². The lowest BCUT2D eigenvalue weighted by molar-refractivity contribution is 1.37. The van der Waals surface area contributed by atoms with Crippen molar-refractivity contribution < 1.29 is 0 Å². The molecule has 0 bridgehead atoms. The van der Waals surface area contributed by atoms with Crippen LogP contribution in [-0.4, -0.2) is 4.40 Å². The van der Waals surface area contributed by atoms with E-state index in [4.69, 9.17) is 0 Å². The summed E-state index contributed by atoms with van der Waals surface area (Å²) in [6.07, 6.45) is 0. The first-order valence-corrected chi connectivity index (χ1v) is 14.2. The van der Waals surface area contributed by atoms with Crippen LogP contribution in [0.25, 0.3) is 82.2 Å². The summed E-state index contributed by atoms with van der Waals surface area (Å²) in [5.74, 6) is 0. The fraction of sp³-hybridized carbons (Fsp3) is 0. The molecule has 2 heterocycles. The summed E-state index contributed by atoms with van der Waals surface area (Å²) in [5.41, 5.74) is 11.2. The lowest BCUT2D eigenvalue weighted by Crippen LogP contribution is -1.87. The van der Waals surface area contributed by atoms with Crippen LogP contribution in [0, 0.1) is 0 Å². The number of hydrogen-bond acceptors (Lipinski definition) is 0. The number of rotatable bonds is 3. The maximum absolute atomic E-state index is 2.47. The van der Waals surface area contributed by atoms with Crippen LogP contribution in [0.2, 0.25) is 0 Å². The van der Waals surface area contributed by atoms with Gasteiger partial charge in [0.2, 0.25) is 0 Å². The van der Waals surface area contributed by atoms with Gasteiger partial charge >= 0.3 is 0 Å². The molecule has 1 nitrogen and oxygen atoms in total. The smallest absolute Gasteiger partial charge is 0.0620 e. The molecule has 0 unspecified atom stereocenters. The Labute approximate surface area is 237 Å². The van der Waals surface area contributed by atoms with Gasteiger partial charge in [-0.3, -0.25) is 0 Å². The first-order valence-electron chi connectivity index (χ1n) is 14.2. The van der Waals surface area contributed by atoms with Crippen LogP contribution in [0.3, 0.4) is 0 Å². The van der Waals surface area contributed by atoms with Gasteiger partial charge in [0.1, 0.15) is 0 Å². The van der Waals surface area contributed by atoms with Crippen LogP contribution in [0.5, 0.6) is 0 Å². The Hall–Kier alpha value is -5.40. The predicted molar refractivity (Wildman–Crippen MR) is 175 cm³/mol. The molecule has 0 N–H and O–H groups in total. The fourth-order valence-corrected chi connectivity index (χ4v) is 6.82. The largest absolute Gasteiger partial charge is 0.308 e. The van der Waals surface area contributed by atoms with Crippen LogP contribution in [-0.2, 0) is 0 Å². The summed E-state index contributed by atoms with van der Waals surface area (Å²) in [6.45, 7) is 0. The zero-order chi connectivity index (χ0) is 26.9. The molecule has 0 aliphatic rings. The SMILES string of the molecule is c1ccc(-c2cc(-c3ccccc3)cc(-c3ccc4c(c3)c3cccc5c6c7ccccc7ccc6n4c35)c2)cc1. The third-order valence-corrected chi connectivity index (χ3v) is 8.69. The molecular weight excluding hydrogens is 494 g/mol. The summed E-state index contributed by atoms with van der Waals surface area (Å²) in [7, 11) is 0. The number of fused-ring (bicyclic) bond motifs is 8. The first-order chi connectivity index (χ1) is 20.3. The molecule has 190 valence electrons. The molecule has 2 aromatic heterocycles. The Morgan fingerprint density at radius 3 is 1.63 bits per heavy atom. The van der Waals surface area contributed by atoms with E-state index in [1.165, 1.54) is 82.2 Å². The second-order valence-corrected chi connectivity index (χ2v) is 11.0. The van der Waals surface area contributed by atoms with Crippen molar-refractivity contribution in [2.75, 3.05) is 0 Å². The van der Waals surface area contributed by atoms with Crippen molar-refractivity contribution >= 4 is 48.9 Å². The molecule has 0 amide bonds. The maximum Gasteiger partial charge on any atom is 0.0620 e. The normalized spacial score (nSPS) is 11.9. The molecule has 1 heteroatoms. The highest BCUT2D eigenvalue weighted by atomic mass is 14.9. The zero-order valence-corrected chi connectivity index (χ0v) is 22.4. The molecule has 0 aliphatic carbocycles. The molecule has 7 aromatic carbocycles. The van der Waals surface area contributed by atoms with Crippen molar-refractivity contribution in [3.63, 3.8) is 0 Å². The molecule has 0 spiro atoms. The van der Waals surface area contributed by atoms with Crippen molar-refractivity contribution in [2.45, 2.75) is 0 Å². The molecule has 9 rings (SSSR count). The highest BCUT2D eigenvalue weighted by Gasteiger charge is 2.19. The Morgan fingerprint density at radius 1 is 0.317 bits per heavy atom. The maximum atomic E-state index is 2.47. The van der Waals surface area contributed by atoms with Gasteiger partial charge in [-0.25, -0.2) is 0 Å². The average molecular weight is 520 g/mol. The molecule has 0 saturated carbocycles. The minimum Gasteiger partial charge on any atom is -0.308 e. The molecule has 0 fully saturated rings. The summed E-state index contributed by atoms with van der Waals surface area (Å²) in [4.78, 5) is 0. The van der Waals surface area contributed by atoms with Gasteiger partial charge in [0.15, 0.2) is 0 Å². The number of benzene rings is 7. The van der Waals surface area contributed by atoms with E-state index in [-0.39, 0.29) is 0 Å². The Bertz CT molecular complexity index is 2340. The third-order valence-electron chi connectivity index (χ3n) is 8.69. The highest BCUT2D eigenvalue weighted by molar-refractivity contribution is 6.28. The lowest BCUT2D eigenvalue weighted by Gasteiger charge is -2.12. The molecule has 0 atom stereocenters. The third kappa shape index (κ3) is 3.30. The standard InChI is InChI=1S/C40H25N/c1-3-10-26(11-4-1)30-22-31(27-12-5-2-6-13-27)24-32(23-30)29-19-20-37-36(25-29)34-16-9-17-35-39-33-15-8-7-14-28(33)18-21-38(39)41(37)40(34)35/h1-25H. The molecule has 0 aliphatic heterocycles. The quantitative estimate of drug-likeness (QED) is 0.219. The predicted octanol–water partition coefficient (Wildman–Crippen LogP) is 11.0. The summed E-state index contributed by atoms with van der Waals surface area (Å²) >= 11 is 0. The monoisotopic (exact) mass is 519 g/mol. The van der Waals surface area contributed by atoms with E-state index in [1.54, 1.807) is 0 Å². The van der Waals surface area contributed by atoms with E-state index in [9.17, 15) is 0 Å². The van der Waals surface area contributed by atoms with Crippen LogP contribution >= 0.6 is 0 Å². The van der Waals surface area contributed by atoms with E-state index in [0.29, 0.717) is 0 Å². The van der Waals surface area contributed by atoms with Gasteiger partial charge in [0, 0.05) is 21.5 Å². The van der Waals surface area contributed by atoms with E-state index in [2.05, 4.69) is 156 Å². The van der Waals surface area contributed by atoms with Gasteiger partial charge < -0.3 is 4.40 Å². The van der Waals surface area contributed by atoms with Gasteiger partial charge in [0.25, 0.3) is 0 Å². The second-order valence-electron chi connectivity index (χ2n) is 11.0. The molecular formula is C40H25N. The van der Waals surface area contributed by atoms with Crippen LogP contribution in [0.1, 0.15) is 0 Å². The Morgan fingerprint density at radius 2 is 0.902 bits per heavy atom. The summed E-state index contributed by atoms with van der Waals surface area (Å²) in [6, 6.07) is 55.4. The van der Waals surface area contributed by atoms with Gasteiger partial charge in [-0.05, 0) is 80.6 Å². The topological polar surface area (TPSA) is 4.41 Å². The van der Waals surface area contributed by atoms with Crippen molar-refractivity contribution in [3.8, 4) is 33.4 Å². The lowest BCUT2D eigenvalue weighted by atomic mass is 9.93. The highest BCUT2D eigenvalue weighted by Crippen LogP contribution is 2.43. The van der Waals surface area contributed by atoms with Gasteiger partial charge in [-0.2, -0.15) is 0 Å². The van der Waals surface area contributed by atoms with E-state index in [0.717, 1.165) is 0 Å². The summed E-state index contributed by atoms with van der Waals surface area (Å²) < 4.78 is 2.47. The molecule has 0 radical (unpaired) electrons. The van der Waals surface area contributed by atoms with E-state index >= 15 is 0 Å². The molecule has 41 heavy (non-hydrogen) atoms. The Balaban J connectivity index is 1.31. The fourth-order valence-electron chi connectivity index (χ4n) is 6.82.